The van der Waals surface area contributed by atoms with Gasteiger partial charge in [-0.05, 0) is 36.2 Å². The summed E-state index contributed by atoms with van der Waals surface area (Å²) in [6.45, 7) is 2.03. The highest BCUT2D eigenvalue weighted by molar-refractivity contribution is 5.27. The van der Waals surface area contributed by atoms with Crippen molar-refractivity contribution in [2.24, 2.45) is 5.84 Å². The molecule has 1 unspecified atom stereocenters. The molecule has 0 saturated carbocycles. The number of aryl methyl sites for hydroxylation is 1. The minimum atomic E-state index is -0.117. The topological polar surface area (TPSA) is 63.8 Å². The fourth-order valence-electron chi connectivity index (χ4n) is 1.62. The second-order valence-corrected chi connectivity index (χ2v) is 3.64. The molecule has 82 valence electrons. The molecule has 0 spiro atoms. The molecular weight excluding hydrogens is 200 g/mol. The Morgan fingerprint density at radius 3 is 2.81 bits per heavy atom. The minimum absolute atomic E-state index is 0.117. The summed E-state index contributed by atoms with van der Waals surface area (Å²) in [5.74, 6) is 5.57. The average molecular weight is 214 g/mol. The molecule has 16 heavy (non-hydrogen) atoms. The molecule has 1 atom stereocenters. The van der Waals surface area contributed by atoms with E-state index in [0.717, 1.165) is 16.8 Å². The maximum absolute atomic E-state index is 5.57. The van der Waals surface area contributed by atoms with Crippen LogP contribution in [-0.2, 0) is 0 Å². The van der Waals surface area contributed by atoms with E-state index in [2.05, 4.69) is 15.4 Å². The molecule has 0 aliphatic heterocycles. The van der Waals surface area contributed by atoms with Crippen molar-refractivity contribution >= 4 is 0 Å². The van der Waals surface area contributed by atoms with Gasteiger partial charge in [0.15, 0.2) is 0 Å². The number of pyridine rings is 2. The molecule has 2 aromatic rings. The molecule has 0 radical (unpaired) electrons. The summed E-state index contributed by atoms with van der Waals surface area (Å²) in [4.78, 5) is 8.39. The summed E-state index contributed by atoms with van der Waals surface area (Å²) in [7, 11) is 0. The van der Waals surface area contributed by atoms with Gasteiger partial charge in [0.2, 0.25) is 0 Å². The van der Waals surface area contributed by atoms with Crippen molar-refractivity contribution in [3.63, 3.8) is 0 Å². The molecule has 2 rings (SSSR count). The van der Waals surface area contributed by atoms with Crippen molar-refractivity contribution in [3.8, 4) is 0 Å². The SMILES string of the molecule is Cc1ccnc(C(NN)c2cccnc2)c1. The lowest BCUT2D eigenvalue weighted by Crippen LogP contribution is -2.29. The van der Waals surface area contributed by atoms with Gasteiger partial charge >= 0.3 is 0 Å². The van der Waals surface area contributed by atoms with E-state index in [1.54, 1.807) is 18.6 Å². The van der Waals surface area contributed by atoms with Crippen molar-refractivity contribution in [2.45, 2.75) is 13.0 Å². The van der Waals surface area contributed by atoms with E-state index < -0.39 is 0 Å². The average Bonchev–Trinajstić information content (AvgIpc) is 2.31. The van der Waals surface area contributed by atoms with Gasteiger partial charge in [0.25, 0.3) is 0 Å². The molecule has 4 heteroatoms. The van der Waals surface area contributed by atoms with E-state index in [0.29, 0.717) is 0 Å². The lowest BCUT2D eigenvalue weighted by Gasteiger charge is -2.15. The second kappa shape index (κ2) is 4.83. The minimum Gasteiger partial charge on any atom is -0.271 e. The third kappa shape index (κ3) is 2.24. The van der Waals surface area contributed by atoms with Crippen LogP contribution in [0.4, 0.5) is 0 Å². The number of hydrazine groups is 1. The molecule has 3 N–H and O–H groups in total. The van der Waals surface area contributed by atoms with Crippen LogP contribution in [0, 0.1) is 6.92 Å². The number of aromatic nitrogens is 2. The first kappa shape index (κ1) is 10.7. The van der Waals surface area contributed by atoms with E-state index >= 15 is 0 Å². The van der Waals surface area contributed by atoms with Gasteiger partial charge in [-0.3, -0.25) is 15.8 Å². The highest BCUT2D eigenvalue weighted by Crippen LogP contribution is 2.18. The summed E-state index contributed by atoms with van der Waals surface area (Å²) in [5, 5.41) is 0. The van der Waals surface area contributed by atoms with Crippen LogP contribution in [0.2, 0.25) is 0 Å². The Morgan fingerprint density at radius 2 is 2.19 bits per heavy atom. The zero-order chi connectivity index (χ0) is 11.4. The Kier molecular flexibility index (Phi) is 3.24. The van der Waals surface area contributed by atoms with Gasteiger partial charge in [0, 0.05) is 18.6 Å². The number of nitrogens with one attached hydrogen (secondary N) is 1. The van der Waals surface area contributed by atoms with Crippen LogP contribution in [0.3, 0.4) is 0 Å². The summed E-state index contributed by atoms with van der Waals surface area (Å²) in [6.07, 6.45) is 5.31. The van der Waals surface area contributed by atoms with Crippen molar-refractivity contribution in [2.75, 3.05) is 0 Å². The number of nitrogens with zero attached hydrogens (tertiary/aromatic N) is 2. The zero-order valence-electron chi connectivity index (χ0n) is 9.09. The van der Waals surface area contributed by atoms with E-state index in [4.69, 9.17) is 5.84 Å². The van der Waals surface area contributed by atoms with E-state index in [9.17, 15) is 0 Å². The maximum atomic E-state index is 5.57. The first-order valence-electron chi connectivity index (χ1n) is 5.10. The van der Waals surface area contributed by atoms with Crippen LogP contribution < -0.4 is 11.3 Å². The van der Waals surface area contributed by atoms with E-state index in [1.165, 1.54) is 0 Å². The van der Waals surface area contributed by atoms with Gasteiger partial charge in [-0.2, -0.15) is 0 Å². The molecule has 2 heterocycles. The number of hydrogen-bond donors (Lipinski definition) is 2. The summed E-state index contributed by atoms with van der Waals surface area (Å²) in [6, 6.07) is 7.71. The zero-order valence-corrected chi connectivity index (χ0v) is 9.09. The van der Waals surface area contributed by atoms with Crippen LogP contribution in [0.5, 0.6) is 0 Å². The summed E-state index contributed by atoms with van der Waals surface area (Å²) >= 11 is 0. The predicted octanol–water partition coefficient (Wildman–Crippen LogP) is 1.34. The van der Waals surface area contributed by atoms with Gasteiger partial charge < -0.3 is 0 Å². The fourth-order valence-corrected chi connectivity index (χ4v) is 1.62. The quantitative estimate of drug-likeness (QED) is 0.597. The third-order valence-corrected chi connectivity index (χ3v) is 2.42. The smallest absolute Gasteiger partial charge is 0.0896 e. The molecule has 0 aliphatic rings. The van der Waals surface area contributed by atoms with Crippen LogP contribution in [-0.4, -0.2) is 9.97 Å². The molecule has 2 aromatic heterocycles. The van der Waals surface area contributed by atoms with Crippen LogP contribution in [0.15, 0.2) is 42.9 Å². The number of hydrogen-bond acceptors (Lipinski definition) is 4. The molecule has 0 aromatic carbocycles. The van der Waals surface area contributed by atoms with Crippen LogP contribution >= 0.6 is 0 Å². The lowest BCUT2D eigenvalue weighted by molar-refractivity contribution is 0.618. The Hall–Kier alpha value is -1.78. The molecular formula is C12H14N4. The molecule has 0 saturated heterocycles. The van der Waals surface area contributed by atoms with Crippen molar-refractivity contribution in [3.05, 3.63) is 59.7 Å². The Labute approximate surface area is 94.5 Å². The highest BCUT2D eigenvalue weighted by Gasteiger charge is 2.13. The molecule has 4 nitrogen and oxygen atoms in total. The van der Waals surface area contributed by atoms with Crippen LogP contribution in [0.1, 0.15) is 22.9 Å². The first-order chi connectivity index (χ1) is 7.81. The summed E-state index contributed by atoms with van der Waals surface area (Å²) in [5.41, 5.74) is 5.82. The number of nitrogens with two attached hydrogens (primary N) is 1. The van der Waals surface area contributed by atoms with Gasteiger partial charge in [-0.15, -0.1) is 0 Å². The maximum Gasteiger partial charge on any atom is 0.0896 e. The molecule has 0 bridgehead atoms. The first-order valence-corrected chi connectivity index (χ1v) is 5.10. The van der Waals surface area contributed by atoms with Gasteiger partial charge in [0.1, 0.15) is 0 Å². The highest BCUT2D eigenvalue weighted by atomic mass is 15.2. The lowest BCUT2D eigenvalue weighted by atomic mass is 10.0. The molecule has 0 aliphatic carbocycles. The van der Waals surface area contributed by atoms with E-state index in [-0.39, 0.29) is 6.04 Å². The van der Waals surface area contributed by atoms with Crippen molar-refractivity contribution in [1.29, 1.82) is 0 Å². The Morgan fingerprint density at radius 1 is 1.31 bits per heavy atom. The molecule has 0 amide bonds. The van der Waals surface area contributed by atoms with Crippen LogP contribution in [0.25, 0.3) is 0 Å². The Bertz CT molecular complexity index is 456. The van der Waals surface area contributed by atoms with Gasteiger partial charge in [-0.25, -0.2) is 5.43 Å². The van der Waals surface area contributed by atoms with Crippen molar-refractivity contribution in [1.82, 2.24) is 15.4 Å². The standard InChI is InChI=1S/C12H14N4/c1-9-4-6-15-11(7-9)12(16-13)10-3-2-5-14-8-10/h2-8,12,16H,13H2,1H3. The largest absolute Gasteiger partial charge is 0.271 e. The van der Waals surface area contributed by atoms with Crippen molar-refractivity contribution < 1.29 is 0 Å². The van der Waals surface area contributed by atoms with E-state index in [1.807, 2.05) is 31.2 Å². The van der Waals surface area contributed by atoms with Gasteiger partial charge in [-0.1, -0.05) is 6.07 Å². The third-order valence-electron chi connectivity index (χ3n) is 2.42. The number of rotatable bonds is 3. The second-order valence-electron chi connectivity index (χ2n) is 3.64. The predicted molar refractivity (Wildman–Crippen MR) is 62.4 cm³/mol. The fraction of sp³-hybridized carbons (Fsp3) is 0.167. The molecule has 0 fully saturated rings. The monoisotopic (exact) mass is 214 g/mol. The normalized spacial score (nSPS) is 12.4. The summed E-state index contributed by atoms with van der Waals surface area (Å²) < 4.78 is 0. The van der Waals surface area contributed by atoms with Gasteiger partial charge in [0.05, 0.1) is 11.7 Å². The Balaban J connectivity index is 2.37.